The highest BCUT2D eigenvalue weighted by molar-refractivity contribution is 5.80. The highest BCUT2D eigenvalue weighted by atomic mass is 19.3. The van der Waals surface area contributed by atoms with Crippen molar-refractivity contribution in [1.82, 2.24) is 34.7 Å². The Hall–Kier alpha value is -4.07. The quantitative estimate of drug-likeness (QED) is 0.496. The summed E-state index contributed by atoms with van der Waals surface area (Å²) in [5, 5.41) is 13.9. The number of hydrogen-bond donors (Lipinski definition) is 1. The summed E-state index contributed by atoms with van der Waals surface area (Å²) in [5.74, 6) is 1.14. The second-order valence-corrected chi connectivity index (χ2v) is 7.95. The molecule has 166 valence electrons. The first-order valence-corrected chi connectivity index (χ1v) is 10.4. The molecule has 0 aliphatic heterocycles. The number of nitrogens with one attached hydrogen (secondary N) is 1. The van der Waals surface area contributed by atoms with Crippen LogP contribution in [0.15, 0.2) is 41.6 Å². The summed E-state index contributed by atoms with van der Waals surface area (Å²) in [6.45, 7) is 1.78. The van der Waals surface area contributed by atoms with Gasteiger partial charge in [0, 0.05) is 30.4 Å². The summed E-state index contributed by atoms with van der Waals surface area (Å²) in [6, 6.07) is 5.97. The molecule has 0 aromatic carbocycles. The fraction of sp³-hybridized carbons (Fsp3) is 0.318. The topological polar surface area (TPSA) is 126 Å². The van der Waals surface area contributed by atoms with Gasteiger partial charge < -0.3 is 4.98 Å². The maximum Gasteiger partial charge on any atom is 0.280 e. The van der Waals surface area contributed by atoms with Gasteiger partial charge in [-0.25, -0.2) is 28.4 Å². The zero-order chi connectivity index (χ0) is 23.1. The van der Waals surface area contributed by atoms with Crippen LogP contribution in [0.5, 0.6) is 0 Å². The highest BCUT2D eigenvalue weighted by Gasteiger charge is 2.37. The van der Waals surface area contributed by atoms with E-state index in [1.165, 1.54) is 23.0 Å². The van der Waals surface area contributed by atoms with E-state index in [4.69, 9.17) is 4.98 Å². The number of aromatic amines is 1. The molecule has 4 aromatic heterocycles. The number of nitriles is 1. The number of hydrogen-bond acceptors (Lipinski definition) is 7. The molecule has 0 bridgehead atoms. The van der Waals surface area contributed by atoms with Crippen molar-refractivity contribution in [2.45, 2.75) is 44.1 Å². The second-order valence-electron chi connectivity index (χ2n) is 7.95. The maximum atomic E-state index is 12.9. The van der Waals surface area contributed by atoms with Crippen LogP contribution in [-0.4, -0.2) is 34.7 Å². The van der Waals surface area contributed by atoms with Gasteiger partial charge in [-0.2, -0.15) is 10.4 Å². The van der Waals surface area contributed by atoms with Gasteiger partial charge >= 0.3 is 0 Å². The Bertz CT molecular complexity index is 1410. The predicted molar refractivity (Wildman–Crippen MR) is 113 cm³/mol. The van der Waals surface area contributed by atoms with E-state index in [0.29, 0.717) is 17.2 Å². The van der Waals surface area contributed by atoms with E-state index >= 15 is 0 Å². The number of fused-ring (bicyclic) bond motifs is 1. The van der Waals surface area contributed by atoms with Crippen molar-refractivity contribution >= 4 is 11.0 Å². The van der Waals surface area contributed by atoms with Crippen molar-refractivity contribution in [3.63, 3.8) is 0 Å². The van der Waals surface area contributed by atoms with Crippen LogP contribution in [0.4, 0.5) is 8.78 Å². The summed E-state index contributed by atoms with van der Waals surface area (Å²) in [7, 11) is 0. The van der Waals surface area contributed by atoms with Crippen LogP contribution in [-0.2, 0) is 0 Å². The molecule has 0 unspecified atom stereocenters. The van der Waals surface area contributed by atoms with Crippen LogP contribution in [0, 0.1) is 11.3 Å². The van der Waals surface area contributed by atoms with E-state index < -0.39 is 18.0 Å². The van der Waals surface area contributed by atoms with Gasteiger partial charge in [-0.3, -0.25) is 9.78 Å². The summed E-state index contributed by atoms with van der Waals surface area (Å²) in [4.78, 5) is 32.9. The molecule has 4 aromatic rings. The van der Waals surface area contributed by atoms with E-state index in [9.17, 15) is 18.8 Å². The zero-order valence-corrected chi connectivity index (χ0v) is 17.5. The van der Waals surface area contributed by atoms with Crippen LogP contribution < -0.4 is 5.56 Å². The molecule has 0 spiro atoms. The van der Waals surface area contributed by atoms with Gasteiger partial charge in [-0.1, -0.05) is 6.07 Å². The molecule has 1 saturated carbocycles. The number of nitrogens with zero attached hydrogens (tertiary/aromatic N) is 7. The third-order valence-electron chi connectivity index (χ3n) is 6.11. The van der Waals surface area contributed by atoms with Crippen LogP contribution in [0.1, 0.15) is 72.7 Å². The first-order valence-electron chi connectivity index (χ1n) is 10.4. The van der Waals surface area contributed by atoms with Crippen LogP contribution in [0.25, 0.3) is 11.0 Å². The fourth-order valence-electron chi connectivity index (χ4n) is 4.16. The Morgan fingerprint density at radius 2 is 1.94 bits per heavy atom. The van der Waals surface area contributed by atoms with Gasteiger partial charge in [-0.15, -0.1) is 0 Å². The lowest BCUT2D eigenvalue weighted by Crippen LogP contribution is -2.28. The number of rotatable bonds is 5. The lowest BCUT2D eigenvalue weighted by molar-refractivity contribution is 0.146. The van der Waals surface area contributed by atoms with Crippen molar-refractivity contribution in [2.24, 2.45) is 0 Å². The lowest BCUT2D eigenvalue weighted by atomic mass is 9.72. The number of alkyl halides is 2. The molecule has 1 fully saturated rings. The Labute approximate surface area is 186 Å². The van der Waals surface area contributed by atoms with E-state index in [2.05, 4.69) is 25.0 Å². The van der Waals surface area contributed by atoms with Crippen LogP contribution in [0.2, 0.25) is 0 Å². The summed E-state index contributed by atoms with van der Waals surface area (Å²) >= 11 is 0. The predicted octanol–water partition coefficient (Wildman–Crippen LogP) is 3.38. The first-order chi connectivity index (χ1) is 16.0. The zero-order valence-electron chi connectivity index (χ0n) is 17.5. The standard InChI is InChI=1S/C22H18F2N8O/c1-11(12-3-6-15(18(23)24)28-10-12)32-21-17(16(9-25)31-32)22(33)30-20(29-21)14-5-4-13(14)19-26-7-2-8-27-19/h2-3,6-8,10-11,13-14,18H,4-5H2,1H3,(H,29,30,33)/t11-,13+,14+/m1/s1. The maximum absolute atomic E-state index is 12.9. The molecule has 5 rings (SSSR count). The molecular weight excluding hydrogens is 430 g/mol. The summed E-state index contributed by atoms with van der Waals surface area (Å²) < 4.78 is 27.2. The molecule has 9 nitrogen and oxygen atoms in total. The van der Waals surface area contributed by atoms with E-state index in [1.54, 1.807) is 25.4 Å². The highest BCUT2D eigenvalue weighted by Crippen LogP contribution is 2.46. The average Bonchev–Trinajstić information content (AvgIpc) is 3.18. The molecule has 0 amide bonds. The summed E-state index contributed by atoms with van der Waals surface area (Å²) in [6.07, 6.45) is 3.72. The van der Waals surface area contributed by atoms with E-state index in [0.717, 1.165) is 12.8 Å². The number of aromatic nitrogens is 7. The van der Waals surface area contributed by atoms with Crippen molar-refractivity contribution in [2.75, 3.05) is 0 Å². The Morgan fingerprint density at radius 3 is 2.55 bits per heavy atom. The van der Waals surface area contributed by atoms with Gasteiger partial charge in [0.05, 0.1) is 6.04 Å². The molecule has 4 heterocycles. The molecular formula is C22H18F2N8O. The molecule has 3 atom stereocenters. The van der Waals surface area contributed by atoms with Gasteiger partial charge in [0.15, 0.2) is 11.3 Å². The van der Waals surface area contributed by atoms with Crippen LogP contribution in [0.3, 0.4) is 0 Å². The molecule has 11 heteroatoms. The average molecular weight is 448 g/mol. The first kappa shape index (κ1) is 20.8. The monoisotopic (exact) mass is 448 g/mol. The van der Waals surface area contributed by atoms with Gasteiger partial charge in [0.1, 0.15) is 28.8 Å². The molecule has 1 N–H and O–H groups in total. The number of halogens is 2. The Kier molecular flexibility index (Phi) is 5.12. The summed E-state index contributed by atoms with van der Waals surface area (Å²) in [5.41, 5.74) is 0.0261. The van der Waals surface area contributed by atoms with E-state index in [1.807, 2.05) is 6.07 Å². The van der Waals surface area contributed by atoms with Crippen molar-refractivity contribution in [1.29, 1.82) is 5.26 Å². The Morgan fingerprint density at radius 1 is 1.18 bits per heavy atom. The SMILES string of the molecule is C[C@H](c1ccc(C(F)F)nc1)n1nc(C#N)c2c(=O)[nH]c([C@H]3CC[C@@H]3c3ncccn3)nc21. The molecule has 1 aliphatic carbocycles. The van der Waals surface area contributed by atoms with Crippen molar-refractivity contribution in [3.05, 3.63) is 75.7 Å². The van der Waals surface area contributed by atoms with Gasteiger partial charge in [0.25, 0.3) is 12.0 Å². The van der Waals surface area contributed by atoms with Crippen molar-refractivity contribution in [3.8, 4) is 6.07 Å². The van der Waals surface area contributed by atoms with Crippen LogP contribution >= 0.6 is 0 Å². The molecule has 33 heavy (non-hydrogen) atoms. The Balaban J connectivity index is 1.58. The largest absolute Gasteiger partial charge is 0.310 e. The fourth-order valence-corrected chi connectivity index (χ4v) is 4.16. The van der Waals surface area contributed by atoms with Gasteiger partial charge in [-0.05, 0) is 37.5 Å². The molecule has 0 saturated heterocycles. The lowest BCUT2D eigenvalue weighted by Gasteiger charge is -2.34. The minimum absolute atomic E-state index is 0.0297. The van der Waals surface area contributed by atoms with Gasteiger partial charge in [0.2, 0.25) is 0 Å². The third kappa shape index (κ3) is 3.53. The minimum atomic E-state index is -2.67. The minimum Gasteiger partial charge on any atom is -0.310 e. The number of pyridine rings is 1. The molecule has 0 radical (unpaired) electrons. The van der Waals surface area contributed by atoms with Crippen molar-refractivity contribution < 1.29 is 8.78 Å². The third-order valence-corrected chi connectivity index (χ3v) is 6.11. The molecule has 1 aliphatic rings. The smallest absolute Gasteiger partial charge is 0.280 e. The normalized spacial score (nSPS) is 18.8. The second kappa shape index (κ2) is 8.12. The number of H-pyrrole nitrogens is 1. The van der Waals surface area contributed by atoms with E-state index in [-0.39, 0.29) is 34.3 Å².